The van der Waals surface area contributed by atoms with E-state index in [2.05, 4.69) is 11.1 Å². The molecule has 0 aliphatic carbocycles. The highest BCUT2D eigenvalue weighted by atomic mass is 35.5. The maximum atomic E-state index is 12.6. The molecule has 0 fully saturated rings. The fourth-order valence-corrected chi connectivity index (χ4v) is 4.32. The second-order valence-corrected chi connectivity index (χ2v) is 11.9. The van der Waals surface area contributed by atoms with Gasteiger partial charge in [0, 0.05) is 23.0 Å². The van der Waals surface area contributed by atoms with Gasteiger partial charge < -0.3 is 14.3 Å². The quantitative estimate of drug-likeness (QED) is 0.227. The summed E-state index contributed by atoms with van der Waals surface area (Å²) in [6.07, 6.45) is 8.16. The lowest BCUT2D eigenvalue weighted by Gasteiger charge is -2.27. The van der Waals surface area contributed by atoms with Gasteiger partial charge in [-0.25, -0.2) is 9.59 Å². The molecule has 8 nitrogen and oxygen atoms in total. The monoisotopic (exact) mass is 543 g/mol. The molecule has 1 aromatic heterocycles. The van der Waals surface area contributed by atoms with Gasteiger partial charge in [0.05, 0.1) is 11.9 Å². The second kappa shape index (κ2) is 12.2. The number of halogens is 1. The van der Waals surface area contributed by atoms with Crippen molar-refractivity contribution >= 4 is 29.9 Å². The van der Waals surface area contributed by atoms with Crippen LogP contribution in [0.2, 0.25) is 5.02 Å². The molecule has 0 spiro atoms. The van der Waals surface area contributed by atoms with Crippen LogP contribution in [0.5, 0.6) is 0 Å². The molecule has 1 unspecified atom stereocenters. The number of hydroxylamine groups is 2. The predicted octanol–water partition coefficient (Wildman–Crippen LogP) is 6.10. The zero-order valence-corrected chi connectivity index (χ0v) is 23.9. The second-order valence-electron chi connectivity index (χ2n) is 11.4. The number of carbonyl (C=O) groups is 2. The van der Waals surface area contributed by atoms with Gasteiger partial charge >= 0.3 is 12.2 Å². The lowest BCUT2D eigenvalue weighted by molar-refractivity contribution is -0.136. The highest BCUT2D eigenvalue weighted by molar-refractivity contribution is 6.30. The van der Waals surface area contributed by atoms with Crippen molar-refractivity contribution < 1.29 is 23.9 Å². The molecule has 1 aromatic carbocycles. The average molecular weight is 544 g/mol. The third kappa shape index (κ3) is 8.72. The standard InChI is InChI=1S/C29H38ClN3O5/c1-27(2,3)36-25(34)33(38-26(35)37-28(4,5)6)17-10-8-7-9-15-29(22-12-11-16-31-20-22)19-21-18-23(30)13-14-24(21)32-29/h11-14,16,18-20H,7-10,15,17H2,1-6H3. The summed E-state index contributed by atoms with van der Waals surface area (Å²) in [5.74, 6) is 0. The number of aromatic nitrogens is 1. The van der Waals surface area contributed by atoms with E-state index in [1.165, 1.54) is 0 Å². The van der Waals surface area contributed by atoms with Crippen LogP contribution >= 0.6 is 11.6 Å². The number of nitrogens with zero attached hydrogens (tertiary/aromatic N) is 3. The SMILES string of the molecule is CC(C)(C)OC(=O)ON(CCCCCCC1(c2cccnc2)C=c2cc(Cl)ccc2=N1)C(=O)OC(C)(C)C. The molecule has 1 aliphatic heterocycles. The molecule has 0 bridgehead atoms. The van der Waals surface area contributed by atoms with Crippen LogP contribution in [-0.4, -0.2) is 40.0 Å². The van der Waals surface area contributed by atoms with Crippen molar-refractivity contribution in [1.82, 2.24) is 10.0 Å². The Labute approximate surface area is 229 Å². The highest BCUT2D eigenvalue weighted by Crippen LogP contribution is 2.34. The molecule has 2 heterocycles. The van der Waals surface area contributed by atoms with Crippen LogP contribution in [0.3, 0.4) is 0 Å². The van der Waals surface area contributed by atoms with Crippen LogP contribution in [0.1, 0.15) is 79.2 Å². The Bertz CT molecular complexity index is 1240. The van der Waals surface area contributed by atoms with E-state index in [0.29, 0.717) is 11.4 Å². The Morgan fingerprint density at radius 3 is 2.34 bits per heavy atom. The largest absolute Gasteiger partial charge is 0.534 e. The summed E-state index contributed by atoms with van der Waals surface area (Å²) in [6, 6.07) is 9.71. The van der Waals surface area contributed by atoms with Crippen molar-refractivity contribution in [3.8, 4) is 0 Å². The Morgan fingerprint density at radius 2 is 1.68 bits per heavy atom. The van der Waals surface area contributed by atoms with Gasteiger partial charge in [-0.05, 0) is 89.9 Å². The van der Waals surface area contributed by atoms with Gasteiger partial charge in [0.25, 0.3) is 0 Å². The summed E-state index contributed by atoms with van der Waals surface area (Å²) in [6.45, 7) is 10.6. The van der Waals surface area contributed by atoms with Gasteiger partial charge in [-0.3, -0.25) is 9.98 Å². The fourth-order valence-electron chi connectivity index (χ4n) is 4.14. The summed E-state index contributed by atoms with van der Waals surface area (Å²) in [5, 5.41) is 3.57. The first-order valence-corrected chi connectivity index (χ1v) is 13.3. The van der Waals surface area contributed by atoms with Crippen LogP contribution < -0.4 is 10.6 Å². The van der Waals surface area contributed by atoms with Gasteiger partial charge in [0.15, 0.2) is 0 Å². The topological polar surface area (TPSA) is 90.3 Å². The maximum absolute atomic E-state index is 12.6. The number of ether oxygens (including phenoxy) is 2. The molecule has 0 saturated carbocycles. The zero-order valence-electron chi connectivity index (χ0n) is 23.1. The van der Waals surface area contributed by atoms with Gasteiger partial charge in [-0.2, -0.15) is 0 Å². The average Bonchev–Trinajstić information content (AvgIpc) is 3.17. The molecule has 9 heteroatoms. The minimum Gasteiger partial charge on any atom is -0.442 e. The molecule has 206 valence electrons. The Morgan fingerprint density at radius 1 is 0.974 bits per heavy atom. The van der Waals surface area contributed by atoms with Crippen LogP contribution in [0.15, 0.2) is 47.7 Å². The smallest absolute Gasteiger partial charge is 0.442 e. The predicted molar refractivity (Wildman–Crippen MR) is 146 cm³/mol. The van der Waals surface area contributed by atoms with Gasteiger partial charge in [0.1, 0.15) is 16.7 Å². The highest BCUT2D eigenvalue weighted by Gasteiger charge is 2.32. The number of rotatable bonds is 8. The first-order valence-electron chi connectivity index (χ1n) is 13.0. The van der Waals surface area contributed by atoms with E-state index in [-0.39, 0.29) is 6.54 Å². The number of unbranched alkanes of at least 4 members (excludes halogenated alkanes) is 3. The number of carbonyl (C=O) groups excluding carboxylic acids is 2. The summed E-state index contributed by atoms with van der Waals surface area (Å²) in [7, 11) is 0. The van der Waals surface area contributed by atoms with E-state index >= 15 is 0 Å². The normalized spacial score (nSPS) is 16.6. The number of pyridine rings is 1. The molecular weight excluding hydrogens is 506 g/mol. The summed E-state index contributed by atoms with van der Waals surface area (Å²) < 4.78 is 10.6. The molecule has 1 aliphatic rings. The van der Waals surface area contributed by atoms with E-state index < -0.39 is 29.0 Å². The van der Waals surface area contributed by atoms with Gasteiger partial charge in [-0.1, -0.05) is 36.9 Å². The Kier molecular flexibility index (Phi) is 9.41. The maximum Gasteiger partial charge on any atom is 0.534 e. The first-order chi connectivity index (χ1) is 17.8. The van der Waals surface area contributed by atoms with Crippen LogP contribution in [-0.2, 0) is 19.9 Å². The van der Waals surface area contributed by atoms with Crippen LogP contribution in [0, 0.1) is 0 Å². The van der Waals surface area contributed by atoms with E-state index in [1.807, 2.05) is 36.5 Å². The minimum atomic E-state index is -0.945. The molecule has 1 atom stereocenters. The molecular formula is C29H38ClN3O5. The van der Waals surface area contributed by atoms with Crippen LogP contribution in [0.25, 0.3) is 6.08 Å². The van der Waals surface area contributed by atoms with E-state index in [9.17, 15) is 9.59 Å². The van der Waals surface area contributed by atoms with E-state index in [0.717, 1.165) is 46.9 Å². The minimum absolute atomic E-state index is 0.197. The van der Waals surface area contributed by atoms with Crippen molar-refractivity contribution in [2.45, 2.75) is 90.4 Å². The number of amides is 1. The molecule has 1 amide bonds. The summed E-state index contributed by atoms with van der Waals surface area (Å²) in [4.78, 5) is 39.4. The van der Waals surface area contributed by atoms with Crippen molar-refractivity contribution in [2.24, 2.45) is 4.99 Å². The molecule has 2 aromatic rings. The van der Waals surface area contributed by atoms with Gasteiger partial charge in [-0.15, -0.1) is 5.06 Å². The number of hydrogen-bond acceptors (Lipinski definition) is 7. The van der Waals surface area contributed by atoms with Crippen molar-refractivity contribution in [3.63, 3.8) is 0 Å². The van der Waals surface area contributed by atoms with Crippen molar-refractivity contribution in [1.29, 1.82) is 0 Å². The third-order valence-electron chi connectivity index (χ3n) is 5.71. The third-order valence-corrected chi connectivity index (χ3v) is 5.94. The molecule has 3 rings (SSSR count). The molecule has 0 N–H and O–H groups in total. The van der Waals surface area contributed by atoms with E-state index in [1.54, 1.807) is 47.7 Å². The lowest BCUT2D eigenvalue weighted by Crippen LogP contribution is -2.40. The summed E-state index contributed by atoms with van der Waals surface area (Å²) in [5.41, 5.74) is -0.928. The lowest BCUT2D eigenvalue weighted by atomic mass is 9.86. The molecule has 0 radical (unpaired) electrons. The summed E-state index contributed by atoms with van der Waals surface area (Å²) >= 11 is 6.22. The van der Waals surface area contributed by atoms with Crippen molar-refractivity contribution in [2.75, 3.05) is 6.54 Å². The number of benzene rings is 1. The molecule has 38 heavy (non-hydrogen) atoms. The fraction of sp³-hybridized carbons (Fsp3) is 0.517. The van der Waals surface area contributed by atoms with Crippen molar-refractivity contribution in [3.05, 3.63) is 63.9 Å². The van der Waals surface area contributed by atoms with Crippen LogP contribution in [0.4, 0.5) is 9.59 Å². The Hall–Kier alpha value is -3.13. The number of fused-ring (bicyclic) bond motifs is 1. The van der Waals surface area contributed by atoms with E-state index in [4.69, 9.17) is 30.9 Å². The Balaban J connectivity index is 1.59. The van der Waals surface area contributed by atoms with Gasteiger partial charge in [0.2, 0.25) is 0 Å². The molecule has 0 saturated heterocycles. The number of hydrogen-bond donors (Lipinski definition) is 0. The first kappa shape index (κ1) is 29.4. The zero-order chi connectivity index (χ0) is 28.0.